The van der Waals surface area contributed by atoms with Crippen molar-refractivity contribution in [3.05, 3.63) is 76.7 Å². The highest BCUT2D eigenvalue weighted by molar-refractivity contribution is 6.35. The minimum atomic E-state index is -2.46. The fraction of sp³-hybridized carbons (Fsp3) is 0.379. The van der Waals surface area contributed by atoms with Gasteiger partial charge in [-0.05, 0) is 36.0 Å². The zero-order valence-corrected chi connectivity index (χ0v) is 23.2. The quantitative estimate of drug-likeness (QED) is 0.288. The molecular formula is C29H32ClF2N7. The number of benzene rings is 2. The molecule has 0 bridgehead atoms. The Morgan fingerprint density at radius 2 is 1.92 bits per heavy atom. The Bertz CT molecular complexity index is 1440. The number of alkyl halides is 2. The molecule has 1 atom stereocenters. The molecule has 1 fully saturated rings. The Morgan fingerprint density at radius 1 is 1.21 bits per heavy atom. The van der Waals surface area contributed by atoms with Crippen molar-refractivity contribution < 1.29 is 8.78 Å². The summed E-state index contributed by atoms with van der Waals surface area (Å²) in [5, 5.41) is 21.3. The van der Waals surface area contributed by atoms with Gasteiger partial charge in [0.2, 0.25) is 0 Å². The Kier molecular flexibility index (Phi) is 7.04. The second-order valence-electron chi connectivity index (χ2n) is 11.4. The summed E-state index contributed by atoms with van der Waals surface area (Å²) in [5.41, 5.74) is 6.02. The van der Waals surface area contributed by atoms with Gasteiger partial charge in [0.05, 0.1) is 33.5 Å². The molecule has 1 aromatic heterocycles. The van der Waals surface area contributed by atoms with Crippen molar-refractivity contribution in [2.24, 2.45) is 5.41 Å². The lowest BCUT2D eigenvalue weighted by atomic mass is 9.96. The highest BCUT2D eigenvalue weighted by Gasteiger charge is 2.57. The SMILES string of the molecule is CN1NN(C2(C(F)F)CC2)C=C1[C@@H](Nc1cc(Cl)c2ncc(C#N)c(NCC(C)(C)C)c2c1)c1ccccc1. The Balaban J connectivity index is 1.57. The minimum Gasteiger partial charge on any atom is -0.383 e. The van der Waals surface area contributed by atoms with Gasteiger partial charge in [-0.2, -0.15) is 5.26 Å². The topological polar surface area (TPSA) is 79.2 Å². The summed E-state index contributed by atoms with van der Waals surface area (Å²) in [7, 11) is 1.82. The monoisotopic (exact) mass is 551 g/mol. The smallest absolute Gasteiger partial charge is 0.262 e. The zero-order valence-electron chi connectivity index (χ0n) is 22.4. The third-order valence-electron chi connectivity index (χ3n) is 7.14. The predicted octanol–water partition coefficient (Wildman–Crippen LogP) is 6.68. The van der Waals surface area contributed by atoms with Crippen LogP contribution in [-0.2, 0) is 0 Å². The van der Waals surface area contributed by atoms with E-state index in [2.05, 4.69) is 48.0 Å². The molecule has 2 heterocycles. The maximum atomic E-state index is 13.9. The lowest BCUT2D eigenvalue weighted by Gasteiger charge is -2.29. The average Bonchev–Trinajstić information content (AvgIpc) is 3.63. The van der Waals surface area contributed by atoms with Crippen LogP contribution in [0, 0.1) is 16.7 Å². The summed E-state index contributed by atoms with van der Waals surface area (Å²) in [5.74, 6) is 0. The lowest BCUT2D eigenvalue weighted by molar-refractivity contribution is -0.0128. The third-order valence-corrected chi connectivity index (χ3v) is 7.42. The van der Waals surface area contributed by atoms with Crippen LogP contribution >= 0.6 is 11.6 Å². The van der Waals surface area contributed by atoms with Crippen molar-refractivity contribution in [1.82, 2.24) is 20.5 Å². The molecule has 2 aromatic carbocycles. The number of likely N-dealkylation sites (N-methyl/N-ethyl adjacent to an activating group) is 1. The molecule has 1 aliphatic carbocycles. The minimum absolute atomic E-state index is 0.0179. The van der Waals surface area contributed by atoms with Crippen molar-refractivity contribution >= 4 is 33.9 Å². The van der Waals surface area contributed by atoms with Crippen LogP contribution in [0.25, 0.3) is 10.9 Å². The number of hydrazine groups is 2. The fourth-order valence-corrected chi connectivity index (χ4v) is 5.04. The van der Waals surface area contributed by atoms with Crippen molar-refractivity contribution in [1.29, 1.82) is 5.26 Å². The maximum absolute atomic E-state index is 13.9. The van der Waals surface area contributed by atoms with E-state index in [1.54, 1.807) is 17.3 Å². The number of hydrogen-bond acceptors (Lipinski definition) is 7. The molecule has 204 valence electrons. The number of aromatic nitrogens is 1. The van der Waals surface area contributed by atoms with E-state index in [-0.39, 0.29) is 11.5 Å². The van der Waals surface area contributed by atoms with Gasteiger partial charge in [0.25, 0.3) is 6.43 Å². The van der Waals surface area contributed by atoms with Gasteiger partial charge >= 0.3 is 0 Å². The van der Waals surface area contributed by atoms with Crippen LogP contribution in [0.15, 0.2) is 60.6 Å². The van der Waals surface area contributed by atoms with Gasteiger partial charge < -0.3 is 10.6 Å². The summed E-state index contributed by atoms with van der Waals surface area (Å²) in [6.07, 6.45) is 1.69. The molecule has 3 N–H and O–H groups in total. The molecule has 2 aliphatic rings. The van der Waals surface area contributed by atoms with Gasteiger partial charge in [0.1, 0.15) is 11.6 Å². The van der Waals surface area contributed by atoms with Crippen molar-refractivity contribution in [3.8, 4) is 6.07 Å². The molecule has 10 heteroatoms. The Morgan fingerprint density at radius 3 is 2.54 bits per heavy atom. The summed E-state index contributed by atoms with van der Waals surface area (Å²) in [6.45, 7) is 6.99. The first kappa shape index (κ1) is 27.0. The van der Waals surface area contributed by atoms with Crippen LogP contribution in [0.4, 0.5) is 20.2 Å². The molecule has 0 amide bonds. The number of halogens is 3. The van der Waals surface area contributed by atoms with E-state index in [1.807, 2.05) is 43.4 Å². The molecule has 5 rings (SSSR count). The highest BCUT2D eigenvalue weighted by Crippen LogP contribution is 2.48. The van der Waals surface area contributed by atoms with E-state index in [1.165, 1.54) is 11.2 Å². The third kappa shape index (κ3) is 5.32. The van der Waals surface area contributed by atoms with Crippen LogP contribution < -0.4 is 16.2 Å². The molecule has 7 nitrogen and oxygen atoms in total. The number of anilines is 2. The first-order valence-electron chi connectivity index (χ1n) is 12.9. The number of fused-ring (bicyclic) bond motifs is 1. The molecule has 3 aromatic rings. The van der Waals surface area contributed by atoms with Gasteiger partial charge in [0.15, 0.2) is 0 Å². The van der Waals surface area contributed by atoms with Crippen LogP contribution in [0.3, 0.4) is 0 Å². The van der Waals surface area contributed by atoms with E-state index in [4.69, 9.17) is 11.6 Å². The summed E-state index contributed by atoms with van der Waals surface area (Å²) in [6, 6.07) is 15.4. The molecule has 0 radical (unpaired) electrons. The number of rotatable bonds is 8. The fourth-order valence-electron chi connectivity index (χ4n) is 4.77. The number of nitrogens with one attached hydrogen (secondary N) is 3. The predicted molar refractivity (Wildman–Crippen MR) is 151 cm³/mol. The normalized spacial score (nSPS) is 17.3. The molecule has 39 heavy (non-hydrogen) atoms. The highest BCUT2D eigenvalue weighted by atomic mass is 35.5. The Hall–Kier alpha value is -3.61. The van der Waals surface area contributed by atoms with Gasteiger partial charge in [-0.15, -0.1) is 5.53 Å². The van der Waals surface area contributed by atoms with E-state index in [0.717, 1.165) is 16.6 Å². The molecule has 0 unspecified atom stereocenters. The van der Waals surface area contributed by atoms with Crippen LogP contribution in [0.2, 0.25) is 5.02 Å². The van der Waals surface area contributed by atoms with Gasteiger partial charge in [-0.3, -0.25) is 15.0 Å². The summed E-state index contributed by atoms with van der Waals surface area (Å²) < 4.78 is 27.8. The van der Waals surface area contributed by atoms with Crippen molar-refractivity contribution in [3.63, 3.8) is 0 Å². The van der Waals surface area contributed by atoms with Crippen LogP contribution in [-0.4, -0.2) is 40.6 Å². The van der Waals surface area contributed by atoms with E-state index < -0.39 is 12.0 Å². The molecule has 1 aliphatic heterocycles. The van der Waals surface area contributed by atoms with Crippen LogP contribution in [0.5, 0.6) is 0 Å². The van der Waals surface area contributed by atoms with Crippen molar-refractivity contribution in [2.45, 2.75) is 51.6 Å². The standard InChI is InChI=1S/C29H32ClF2N7/c1-28(2,3)17-35-24-19(14-33)15-34-26-21(24)12-20(13-22(26)30)36-25(18-8-6-5-7-9-18)23-16-39(37-38(23)4)29(10-11-29)27(31)32/h5-9,12-13,15-16,25,27,36-37H,10-11,17H2,1-4H3,(H,34,35)/t25-/m0/s1. The second kappa shape index (κ2) is 10.2. The van der Waals surface area contributed by atoms with E-state index in [0.29, 0.717) is 46.9 Å². The van der Waals surface area contributed by atoms with Gasteiger partial charge in [-0.25, -0.2) is 8.78 Å². The second-order valence-corrected chi connectivity index (χ2v) is 11.8. The summed E-state index contributed by atoms with van der Waals surface area (Å²) >= 11 is 6.72. The number of pyridine rings is 1. The molecule has 1 saturated carbocycles. The first-order valence-corrected chi connectivity index (χ1v) is 13.3. The van der Waals surface area contributed by atoms with Crippen molar-refractivity contribution in [2.75, 3.05) is 24.2 Å². The van der Waals surface area contributed by atoms with E-state index >= 15 is 0 Å². The average molecular weight is 552 g/mol. The van der Waals surface area contributed by atoms with Gasteiger partial charge in [-0.1, -0.05) is 62.7 Å². The van der Waals surface area contributed by atoms with E-state index in [9.17, 15) is 14.0 Å². The maximum Gasteiger partial charge on any atom is 0.262 e. The Labute approximate surface area is 232 Å². The molecule has 0 saturated heterocycles. The number of nitrogens with zero attached hydrogens (tertiary/aromatic N) is 4. The zero-order chi connectivity index (χ0) is 27.9. The van der Waals surface area contributed by atoms with Crippen LogP contribution in [0.1, 0.15) is 50.8 Å². The lowest BCUT2D eigenvalue weighted by Crippen LogP contribution is -2.49. The number of nitriles is 1. The number of hydrogen-bond donors (Lipinski definition) is 3. The first-order chi connectivity index (χ1) is 18.5. The molecule has 0 spiro atoms. The summed E-state index contributed by atoms with van der Waals surface area (Å²) in [4.78, 5) is 4.46. The molecular weight excluding hydrogens is 520 g/mol. The largest absolute Gasteiger partial charge is 0.383 e. The van der Waals surface area contributed by atoms with Gasteiger partial charge in [0, 0.05) is 37.1 Å².